The molecule has 2 N–H and O–H groups in total. The number of benzene rings is 1. The Labute approximate surface area is 145 Å². The van der Waals surface area contributed by atoms with Crippen LogP contribution in [-0.4, -0.2) is 36.2 Å². The molecule has 2 aromatic rings. The van der Waals surface area contributed by atoms with E-state index in [1.165, 1.54) is 12.5 Å². The summed E-state index contributed by atoms with van der Waals surface area (Å²) >= 11 is 0. The lowest BCUT2D eigenvalue weighted by molar-refractivity contribution is 0.0472. The summed E-state index contributed by atoms with van der Waals surface area (Å²) in [7, 11) is -3.44. The number of nitrogens with one attached hydrogen (secondary N) is 2. The lowest BCUT2D eigenvalue weighted by Gasteiger charge is -2.14. The zero-order valence-corrected chi connectivity index (χ0v) is 14.4. The van der Waals surface area contributed by atoms with Gasteiger partial charge in [-0.3, -0.25) is 4.72 Å². The van der Waals surface area contributed by atoms with Gasteiger partial charge in [-0.15, -0.1) is 0 Å². The average Bonchev–Trinajstić information content (AvgIpc) is 3.41. The molecule has 1 fully saturated rings. The summed E-state index contributed by atoms with van der Waals surface area (Å²) in [4.78, 5) is 20.2. The summed E-state index contributed by atoms with van der Waals surface area (Å²) in [5.41, 5.74) is 1.03. The first-order chi connectivity index (χ1) is 12.0. The van der Waals surface area contributed by atoms with Crippen LogP contribution in [0.4, 0.5) is 17.2 Å². The van der Waals surface area contributed by atoms with Gasteiger partial charge in [-0.1, -0.05) is 12.1 Å². The van der Waals surface area contributed by atoms with Crippen LogP contribution in [0.1, 0.15) is 30.1 Å². The van der Waals surface area contributed by atoms with Crippen molar-refractivity contribution in [3.05, 3.63) is 42.4 Å². The zero-order valence-electron chi connectivity index (χ0n) is 13.6. The summed E-state index contributed by atoms with van der Waals surface area (Å²) < 4.78 is 31.5. The van der Waals surface area contributed by atoms with Crippen LogP contribution in [0.5, 0.6) is 0 Å². The van der Waals surface area contributed by atoms with E-state index in [1.807, 2.05) is 0 Å². The van der Waals surface area contributed by atoms with E-state index >= 15 is 0 Å². The fourth-order valence-electron chi connectivity index (χ4n) is 2.03. The van der Waals surface area contributed by atoms with Crippen LogP contribution < -0.4 is 10.0 Å². The number of ether oxygens (including phenoxy) is 1. The number of para-hydroxylation sites is 2. The van der Waals surface area contributed by atoms with Crippen LogP contribution in [0.2, 0.25) is 0 Å². The minimum Gasteiger partial charge on any atom is -0.459 e. The minimum atomic E-state index is -3.44. The van der Waals surface area contributed by atoms with Crippen LogP contribution in [0.25, 0.3) is 0 Å². The smallest absolute Gasteiger partial charge is 0.343 e. The molecule has 8 nitrogen and oxygen atoms in total. The predicted molar refractivity (Wildman–Crippen MR) is 93.3 cm³/mol. The van der Waals surface area contributed by atoms with E-state index in [2.05, 4.69) is 20.0 Å². The van der Waals surface area contributed by atoms with E-state index in [1.54, 1.807) is 31.2 Å². The topological polar surface area (TPSA) is 110 Å². The van der Waals surface area contributed by atoms with Crippen molar-refractivity contribution in [2.45, 2.75) is 25.9 Å². The molecule has 1 aliphatic carbocycles. The third-order valence-electron chi connectivity index (χ3n) is 3.56. The second kappa shape index (κ2) is 7.06. The summed E-state index contributed by atoms with van der Waals surface area (Å²) in [5.74, 6) is -0.297. The predicted octanol–water partition coefficient (Wildman–Crippen LogP) is 2.30. The van der Waals surface area contributed by atoms with Crippen LogP contribution in [-0.2, 0) is 14.8 Å². The minimum absolute atomic E-state index is 0.0378. The molecule has 1 heterocycles. The van der Waals surface area contributed by atoms with Crippen LogP contribution in [0.3, 0.4) is 0 Å². The Morgan fingerprint density at radius 2 is 2.00 bits per heavy atom. The molecular formula is C16H18N4O4S. The molecule has 0 spiro atoms. The Bertz CT molecular complexity index is 881. The molecule has 1 aromatic carbocycles. The highest BCUT2D eigenvalue weighted by molar-refractivity contribution is 7.92. The van der Waals surface area contributed by atoms with Gasteiger partial charge in [-0.05, 0) is 31.9 Å². The SMILES string of the molecule is CCS(=O)(=O)Nc1ccccc1Nc1ncncc1C(=O)OC1CC1. The number of rotatable bonds is 7. The van der Waals surface area contributed by atoms with Gasteiger partial charge < -0.3 is 10.1 Å². The molecule has 1 aliphatic rings. The highest BCUT2D eigenvalue weighted by Gasteiger charge is 2.28. The van der Waals surface area contributed by atoms with Crippen molar-refractivity contribution in [2.24, 2.45) is 0 Å². The van der Waals surface area contributed by atoms with E-state index in [4.69, 9.17) is 4.74 Å². The molecule has 25 heavy (non-hydrogen) atoms. The summed E-state index contributed by atoms with van der Waals surface area (Å²) in [6, 6.07) is 6.76. The number of aromatic nitrogens is 2. The monoisotopic (exact) mass is 362 g/mol. The quantitative estimate of drug-likeness (QED) is 0.727. The molecule has 1 aromatic heterocycles. The van der Waals surface area contributed by atoms with Gasteiger partial charge in [0.1, 0.15) is 23.8 Å². The van der Waals surface area contributed by atoms with Crippen molar-refractivity contribution in [1.29, 1.82) is 0 Å². The number of carbonyl (C=O) groups excluding carboxylic acids is 1. The van der Waals surface area contributed by atoms with Crippen molar-refractivity contribution in [3.63, 3.8) is 0 Å². The normalized spacial score (nSPS) is 14.0. The number of hydrogen-bond donors (Lipinski definition) is 2. The molecule has 0 radical (unpaired) electrons. The van der Waals surface area contributed by atoms with Crippen LogP contribution in [0.15, 0.2) is 36.8 Å². The maximum atomic E-state index is 12.2. The Hall–Kier alpha value is -2.68. The first kappa shape index (κ1) is 17.2. The van der Waals surface area contributed by atoms with Gasteiger partial charge in [-0.2, -0.15) is 0 Å². The molecule has 3 rings (SSSR count). The molecule has 0 amide bonds. The number of carbonyl (C=O) groups is 1. The molecule has 1 saturated carbocycles. The van der Waals surface area contributed by atoms with E-state index in [0.29, 0.717) is 11.4 Å². The molecule has 9 heteroatoms. The van der Waals surface area contributed by atoms with E-state index in [-0.39, 0.29) is 23.2 Å². The Morgan fingerprint density at radius 1 is 1.28 bits per heavy atom. The van der Waals surface area contributed by atoms with Crippen LogP contribution >= 0.6 is 0 Å². The van der Waals surface area contributed by atoms with Crippen molar-refractivity contribution in [2.75, 3.05) is 15.8 Å². The molecule has 0 saturated heterocycles. The van der Waals surface area contributed by atoms with E-state index in [9.17, 15) is 13.2 Å². The van der Waals surface area contributed by atoms with Gasteiger partial charge >= 0.3 is 5.97 Å². The first-order valence-electron chi connectivity index (χ1n) is 7.86. The summed E-state index contributed by atoms with van der Waals surface area (Å²) in [5, 5.41) is 2.98. The standard InChI is InChI=1S/C16H18N4O4S/c1-2-25(22,23)20-14-6-4-3-5-13(14)19-15-12(9-17-10-18-15)16(21)24-11-7-8-11/h3-6,9-11,20H,2,7-8H2,1H3,(H,17,18,19). The molecule has 0 unspecified atom stereocenters. The van der Waals surface area contributed by atoms with Gasteiger partial charge in [0.2, 0.25) is 10.0 Å². The van der Waals surface area contributed by atoms with Crippen molar-refractivity contribution < 1.29 is 17.9 Å². The molecule has 0 aliphatic heterocycles. The summed E-state index contributed by atoms with van der Waals surface area (Å²) in [6.07, 6.45) is 4.37. The molecule has 0 atom stereocenters. The second-order valence-electron chi connectivity index (χ2n) is 5.57. The number of anilines is 3. The molecular weight excluding hydrogens is 344 g/mol. The fourth-order valence-corrected chi connectivity index (χ4v) is 2.69. The Balaban J connectivity index is 1.87. The van der Waals surface area contributed by atoms with Crippen molar-refractivity contribution in [3.8, 4) is 0 Å². The van der Waals surface area contributed by atoms with Gasteiger partial charge in [0, 0.05) is 6.20 Å². The largest absolute Gasteiger partial charge is 0.459 e. The van der Waals surface area contributed by atoms with Crippen LogP contribution in [0, 0.1) is 0 Å². The average molecular weight is 362 g/mol. The van der Waals surface area contributed by atoms with E-state index < -0.39 is 16.0 Å². The van der Waals surface area contributed by atoms with Gasteiger partial charge in [-0.25, -0.2) is 23.2 Å². The molecule has 0 bridgehead atoms. The zero-order chi connectivity index (χ0) is 17.9. The summed E-state index contributed by atoms with van der Waals surface area (Å²) in [6.45, 7) is 1.55. The third-order valence-corrected chi connectivity index (χ3v) is 4.85. The first-order valence-corrected chi connectivity index (χ1v) is 9.51. The number of sulfonamides is 1. The number of esters is 1. The molecule has 132 valence electrons. The number of hydrogen-bond acceptors (Lipinski definition) is 7. The van der Waals surface area contributed by atoms with Gasteiger partial charge in [0.05, 0.1) is 17.1 Å². The Morgan fingerprint density at radius 3 is 2.68 bits per heavy atom. The highest BCUT2D eigenvalue weighted by Crippen LogP contribution is 2.29. The van der Waals surface area contributed by atoms with Crippen molar-refractivity contribution >= 4 is 33.2 Å². The Kier molecular flexibility index (Phi) is 4.84. The number of nitrogens with zero attached hydrogens (tertiary/aromatic N) is 2. The van der Waals surface area contributed by atoms with Crippen molar-refractivity contribution in [1.82, 2.24) is 9.97 Å². The lowest BCUT2D eigenvalue weighted by Crippen LogP contribution is -2.16. The van der Waals surface area contributed by atoms with Gasteiger partial charge in [0.25, 0.3) is 0 Å². The lowest BCUT2D eigenvalue weighted by atomic mass is 10.2. The fraction of sp³-hybridized carbons (Fsp3) is 0.312. The second-order valence-corrected chi connectivity index (χ2v) is 7.58. The maximum absolute atomic E-state index is 12.2. The van der Waals surface area contributed by atoms with E-state index in [0.717, 1.165) is 12.8 Å². The third kappa shape index (κ3) is 4.44. The maximum Gasteiger partial charge on any atom is 0.343 e. The highest BCUT2D eigenvalue weighted by atomic mass is 32.2. The van der Waals surface area contributed by atoms with Gasteiger partial charge in [0.15, 0.2) is 0 Å².